The van der Waals surface area contributed by atoms with Crippen LogP contribution >= 0.6 is 12.4 Å². The number of nitrogens with one attached hydrogen (secondary N) is 1. The van der Waals surface area contributed by atoms with Crippen molar-refractivity contribution in [3.05, 3.63) is 42.0 Å². The summed E-state index contributed by atoms with van der Waals surface area (Å²) in [7, 11) is 1.66. The van der Waals surface area contributed by atoms with Crippen molar-refractivity contribution in [2.45, 2.75) is 31.9 Å². The minimum atomic E-state index is -0.270. The maximum Gasteiger partial charge on any atom is 0.314 e. The number of hydrogen-bond donors (Lipinski definition) is 1. The lowest BCUT2D eigenvalue weighted by Gasteiger charge is -2.17. The van der Waals surface area contributed by atoms with E-state index in [2.05, 4.69) is 5.32 Å². The number of ether oxygens (including phenoxy) is 2. The molecule has 5 heteroatoms. The van der Waals surface area contributed by atoms with Gasteiger partial charge in [-0.2, -0.15) is 0 Å². The third kappa shape index (κ3) is 3.95. The van der Waals surface area contributed by atoms with Crippen molar-refractivity contribution in [1.82, 2.24) is 5.32 Å². The van der Waals surface area contributed by atoms with Crippen molar-refractivity contribution >= 4 is 29.1 Å². The summed E-state index contributed by atoms with van der Waals surface area (Å²) in [5.41, 5.74) is 0.973. The summed E-state index contributed by atoms with van der Waals surface area (Å²) in [6.45, 7) is 2.81. The molecule has 0 aromatic heterocycles. The Morgan fingerprint density at radius 3 is 2.65 bits per heavy atom. The molecule has 1 N–H and O–H groups in total. The van der Waals surface area contributed by atoms with Crippen molar-refractivity contribution in [2.24, 2.45) is 0 Å². The summed E-state index contributed by atoms with van der Waals surface area (Å²) >= 11 is 0. The lowest BCUT2D eigenvalue weighted by atomic mass is 9.98. The molecule has 1 saturated heterocycles. The van der Waals surface area contributed by atoms with Crippen molar-refractivity contribution < 1.29 is 14.3 Å². The highest BCUT2D eigenvalue weighted by Gasteiger charge is 2.23. The first-order valence-corrected chi connectivity index (χ1v) is 7.69. The normalized spacial score (nSPS) is 18.3. The van der Waals surface area contributed by atoms with Gasteiger partial charge in [0.05, 0.1) is 13.0 Å². The average Bonchev–Trinajstić information content (AvgIpc) is 3.06. The highest BCUT2D eigenvalue weighted by Crippen LogP contribution is 2.26. The van der Waals surface area contributed by atoms with Gasteiger partial charge in [0.15, 0.2) is 6.23 Å². The smallest absolute Gasteiger partial charge is 0.314 e. The molecule has 0 spiro atoms. The van der Waals surface area contributed by atoms with E-state index >= 15 is 0 Å². The molecule has 2 unspecified atom stereocenters. The van der Waals surface area contributed by atoms with E-state index in [4.69, 9.17) is 9.47 Å². The highest BCUT2D eigenvalue weighted by atomic mass is 35.5. The average molecular weight is 336 g/mol. The van der Waals surface area contributed by atoms with E-state index in [9.17, 15) is 4.79 Å². The number of halogens is 1. The molecular formula is C18H22ClNO3. The number of methoxy groups -OCH3 is 1. The lowest BCUT2D eigenvalue weighted by molar-refractivity contribution is -0.151. The van der Waals surface area contributed by atoms with Gasteiger partial charge in [0.2, 0.25) is 0 Å². The standard InChI is InChI=1S/C18H21NO3.ClH/c1-12(18(20)22-17-4-3-9-19-17)13-5-6-15-11-16(21-2)8-7-14(15)10-13;/h5-8,10-12,17,19H,3-4,9H2,1-2H3;1H. The number of carbonyl (C=O) groups excluding carboxylic acids is 1. The predicted molar refractivity (Wildman–Crippen MR) is 93.3 cm³/mol. The monoisotopic (exact) mass is 335 g/mol. The van der Waals surface area contributed by atoms with Crippen LogP contribution in [-0.2, 0) is 9.53 Å². The van der Waals surface area contributed by atoms with Crippen LogP contribution in [0.2, 0.25) is 0 Å². The Morgan fingerprint density at radius 2 is 1.96 bits per heavy atom. The Kier molecular flexibility index (Phi) is 5.85. The molecule has 2 atom stereocenters. The van der Waals surface area contributed by atoms with Gasteiger partial charge in [0.1, 0.15) is 5.75 Å². The summed E-state index contributed by atoms with van der Waals surface area (Å²) in [6.07, 6.45) is 1.83. The first kappa shape index (κ1) is 17.6. The van der Waals surface area contributed by atoms with Crippen LogP contribution < -0.4 is 10.1 Å². The van der Waals surface area contributed by atoms with E-state index in [0.29, 0.717) is 0 Å². The molecule has 1 aliphatic rings. The Morgan fingerprint density at radius 1 is 1.22 bits per heavy atom. The molecule has 0 radical (unpaired) electrons. The second-order valence-corrected chi connectivity index (χ2v) is 5.72. The van der Waals surface area contributed by atoms with Crippen LogP contribution in [0.25, 0.3) is 10.8 Å². The molecule has 23 heavy (non-hydrogen) atoms. The van der Waals surface area contributed by atoms with E-state index in [1.54, 1.807) is 7.11 Å². The van der Waals surface area contributed by atoms with Crippen LogP contribution in [0, 0.1) is 0 Å². The minimum absolute atomic E-state index is 0. The first-order chi connectivity index (χ1) is 10.7. The summed E-state index contributed by atoms with van der Waals surface area (Å²) < 4.78 is 10.7. The number of carbonyl (C=O) groups is 1. The Balaban J connectivity index is 0.00000192. The van der Waals surface area contributed by atoms with Crippen LogP contribution in [-0.4, -0.2) is 25.9 Å². The number of benzene rings is 2. The molecule has 124 valence electrons. The fraction of sp³-hybridized carbons (Fsp3) is 0.389. The molecule has 0 saturated carbocycles. The number of hydrogen-bond acceptors (Lipinski definition) is 4. The third-order valence-electron chi connectivity index (χ3n) is 4.20. The number of rotatable bonds is 4. The van der Waals surface area contributed by atoms with Gasteiger partial charge >= 0.3 is 5.97 Å². The minimum Gasteiger partial charge on any atom is -0.497 e. The zero-order valence-corrected chi connectivity index (χ0v) is 14.2. The van der Waals surface area contributed by atoms with Gasteiger partial charge in [-0.3, -0.25) is 10.1 Å². The zero-order chi connectivity index (χ0) is 15.5. The fourth-order valence-corrected chi connectivity index (χ4v) is 2.77. The van der Waals surface area contributed by atoms with Crippen molar-refractivity contribution in [2.75, 3.05) is 13.7 Å². The molecule has 2 aromatic rings. The van der Waals surface area contributed by atoms with E-state index in [0.717, 1.165) is 41.5 Å². The van der Waals surface area contributed by atoms with E-state index < -0.39 is 0 Å². The van der Waals surface area contributed by atoms with Crippen LogP contribution in [0.1, 0.15) is 31.2 Å². The Bertz CT molecular complexity index is 683. The molecule has 2 aromatic carbocycles. The molecule has 1 aliphatic heterocycles. The quantitative estimate of drug-likeness (QED) is 0.867. The maximum atomic E-state index is 12.3. The predicted octanol–water partition coefficient (Wildman–Crippen LogP) is 3.63. The van der Waals surface area contributed by atoms with Gasteiger partial charge < -0.3 is 9.47 Å². The van der Waals surface area contributed by atoms with Gasteiger partial charge in [-0.15, -0.1) is 12.4 Å². The molecular weight excluding hydrogens is 314 g/mol. The lowest BCUT2D eigenvalue weighted by Crippen LogP contribution is -2.29. The fourth-order valence-electron chi connectivity index (χ4n) is 2.77. The van der Waals surface area contributed by atoms with Crippen molar-refractivity contribution in [1.29, 1.82) is 0 Å². The Hall–Kier alpha value is -1.78. The first-order valence-electron chi connectivity index (χ1n) is 7.69. The highest BCUT2D eigenvalue weighted by molar-refractivity contribution is 5.87. The molecule has 1 heterocycles. The maximum absolute atomic E-state index is 12.3. The van der Waals surface area contributed by atoms with Gasteiger partial charge in [-0.25, -0.2) is 0 Å². The SMILES string of the molecule is COc1ccc2cc(C(C)C(=O)OC3CCCN3)ccc2c1.Cl. The summed E-state index contributed by atoms with van der Waals surface area (Å²) in [4.78, 5) is 12.3. The summed E-state index contributed by atoms with van der Waals surface area (Å²) in [5.74, 6) is 0.390. The van der Waals surface area contributed by atoms with Gasteiger partial charge in [0, 0.05) is 0 Å². The van der Waals surface area contributed by atoms with Crippen LogP contribution in [0.15, 0.2) is 36.4 Å². The summed E-state index contributed by atoms with van der Waals surface area (Å²) in [5, 5.41) is 5.37. The zero-order valence-electron chi connectivity index (χ0n) is 13.4. The summed E-state index contributed by atoms with van der Waals surface area (Å²) in [6, 6.07) is 12.0. The molecule has 4 nitrogen and oxygen atoms in total. The topological polar surface area (TPSA) is 47.6 Å². The molecule has 1 fully saturated rings. The number of fused-ring (bicyclic) bond motifs is 1. The second-order valence-electron chi connectivity index (χ2n) is 5.72. The van der Waals surface area contributed by atoms with E-state index in [-0.39, 0.29) is 30.5 Å². The largest absolute Gasteiger partial charge is 0.497 e. The molecule has 0 amide bonds. The molecule has 0 aliphatic carbocycles. The van der Waals surface area contributed by atoms with Crippen molar-refractivity contribution in [3.63, 3.8) is 0 Å². The second kappa shape index (κ2) is 7.66. The van der Waals surface area contributed by atoms with E-state index in [1.807, 2.05) is 43.3 Å². The van der Waals surface area contributed by atoms with Crippen LogP contribution in [0.5, 0.6) is 5.75 Å². The van der Waals surface area contributed by atoms with Gasteiger partial charge in [-0.1, -0.05) is 24.3 Å². The van der Waals surface area contributed by atoms with Crippen LogP contribution in [0.3, 0.4) is 0 Å². The van der Waals surface area contributed by atoms with E-state index in [1.165, 1.54) is 0 Å². The Labute approximate surface area is 142 Å². The van der Waals surface area contributed by atoms with Crippen molar-refractivity contribution in [3.8, 4) is 5.75 Å². The molecule has 0 bridgehead atoms. The molecule has 3 rings (SSSR count). The van der Waals surface area contributed by atoms with Gasteiger partial charge in [0.25, 0.3) is 0 Å². The number of esters is 1. The third-order valence-corrected chi connectivity index (χ3v) is 4.20. The van der Waals surface area contributed by atoms with Crippen LogP contribution in [0.4, 0.5) is 0 Å². The van der Waals surface area contributed by atoms with Gasteiger partial charge in [-0.05, 0) is 54.8 Å².